The molecular weight excluding hydrogens is 330 g/mol. The van der Waals surface area contributed by atoms with Crippen LogP contribution in [0.25, 0.3) is 0 Å². The van der Waals surface area contributed by atoms with Crippen LogP contribution in [0, 0.1) is 17.0 Å². The highest BCUT2D eigenvalue weighted by Gasteiger charge is 2.29. The lowest BCUT2D eigenvalue weighted by Gasteiger charge is -2.32. The summed E-state index contributed by atoms with van der Waals surface area (Å²) in [6, 6.07) is 6.91. The van der Waals surface area contributed by atoms with Gasteiger partial charge in [0.25, 0.3) is 0 Å². The lowest BCUT2D eigenvalue weighted by Crippen LogP contribution is -2.36. The molecule has 1 amide bonds. The SMILES string of the molecule is CC(C)(C)C(NC(=O)O)c1cc(Oc2cc(F)cc(F)c2)ccc1N. The molecule has 0 saturated heterocycles. The average molecular weight is 350 g/mol. The summed E-state index contributed by atoms with van der Waals surface area (Å²) >= 11 is 0. The van der Waals surface area contributed by atoms with Crippen LogP contribution in [0.5, 0.6) is 11.5 Å². The van der Waals surface area contributed by atoms with E-state index < -0.39 is 29.2 Å². The maximum Gasteiger partial charge on any atom is 0.405 e. The lowest BCUT2D eigenvalue weighted by atomic mass is 9.81. The van der Waals surface area contributed by atoms with Crippen molar-refractivity contribution in [3.05, 3.63) is 53.6 Å². The number of hydrogen-bond acceptors (Lipinski definition) is 3. The lowest BCUT2D eigenvalue weighted by molar-refractivity contribution is 0.175. The van der Waals surface area contributed by atoms with Gasteiger partial charge in [-0.25, -0.2) is 13.6 Å². The summed E-state index contributed by atoms with van der Waals surface area (Å²) in [5.41, 5.74) is 6.43. The number of anilines is 1. The summed E-state index contributed by atoms with van der Waals surface area (Å²) in [6.45, 7) is 5.59. The highest BCUT2D eigenvalue weighted by Crippen LogP contribution is 2.38. The van der Waals surface area contributed by atoms with E-state index in [2.05, 4.69) is 5.32 Å². The van der Waals surface area contributed by atoms with Gasteiger partial charge in [-0.05, 0) is 23.6 Å². The molecule has 0 heterocycles. The van der Waals surface area contributed by atoms with Gasteiger partial charge < -0.3 is 20.9 Å². The number of halogens is 2. The standard InChI is InChI=1S/C18H20F2N2O3/c1-18(2,3)16(22-17(23)24)14-9-12(4-5-15(14)21)25-13-7-10(19)6-11(20)8-13/h4-9,16,22H,21H2,1-3H3,(H,23,24). The van der Waals surface area contributed by atoms with E-state index in [0.717, 1.165) is 18.2 Å². The molecule has 134 valence electrons. The molecule has 1 atom stereocenters. The van der Waals surface area contributed by atoms with Gasteiger partial charge in [-0.3, -0.25) is 0 Å². The minimum absolute atomic E-state index is 0.00766. The molecule has 0 aliphatic heterocycles. The molecule has 7 heteroatoms. The molecule has 0 radical (unpaired) electrons. The minimum atomic E-state index is -1.18. The van der Waals surface area contributed by atoms with Crippen molar-refractivity contribution in [1.29, 1.82) is 0 Å². The molecule has 0 bridgehead atoms. The number of hydrogen-bond donors (Lipinski definition) is 3. The molecule has 0 aromatic heterocycles. The van der Waals surface area contributed by atoms with E-state index >= 15 is 0 Å². The number of carbonyl (C=O) groups is 1. The first-order chi connectivity index (χ1) is 11.6. The average Bonchev–Trinajstić information content (AvgIpc) is 2.44. The number of benzene rings is 2. The van der Waals surface area contributed by atoms with E-state index in [1.165, 1.54) is 0 Å². The first kappa shape index (κ1) is 18.5. The van der Waals surface area contributed by atoms with Crippen molar-refractivity contribution in [3.8, 4) is 11.5 Å². The van der Waals surface area contributed by atoms with Gasteiger partial charge in [0.15, 0.2) is 0 Å². The number of rotatable bonds is 4. The maximum atomic E-state index is 13.3. The molecule has 0 fully saturated rings. The summed E-state index contributed by atoms with van der Waals surface area (Å²) in [6.07, 6.45) is -1.18. The van der Waals surface area contributed by atoms with E-state index in [4.69, 9.17) is 15.6 Å². The molecule has 5 nitrogen and oxygen atoms in total. The molecule has 1 unspecified atom stereocenters. The van der Waals surface area contributed by atoms with Gasteiger partial charge in [-0.1, -0.05) is 20.8 Å². The maximum absolute atomic E-state index is 13.3. The monoisotopic (exact) mass is 350 g/mol. The van der Waals surface area contributed by atoms with Crippen LogP contribution in [0.2, 0.25) is 0 Å². The van der Waals surface area contributed by atoms with E-state index in [0.29, 0.717) is 11.3 Å². The fourth-order valence-corrected chi connectivity index (χ4v) is 2.47. The molecule has 25 heavy (non-hydrogen) atoms. The molecule has 2 aromatic carbocycles. The smallest absolute Gasteiger partial charge is 0.405 e. The fourth-order valence-electron chi connectivity index (χ4n) is 2.47. The third kappa shape index (κ3) is 4.82. The number of nitrogen functional groups attached to an aromatic ring is 1. The van der Waals surface area contributed by atoms with Crippen molar-refractivity contribution >= 4 is 11.8 Å². The van der Waals surface area contributed by atoms with Crippen molar-refractivity contribution < 1.29 is 23.4 Å². The van der Waals surface area contributed by atoms with Crippen molar-refractivity contribution in [1.82, 2.24) is 5.32 Å². The first-order valence-corrected chi connectivity index (χ1v) is 7.59. The summed E-state index contributed by atoms with van der Waals surface area (Å²) < 4.78 is 32.1. The van der Waals surface area contributed by atoms with Gasteiger partial charge >= 0.3 is 6.09 Å². The second kappa shape index (κ2) is 6.96. The Hall–Kier alpha value is -2.83. The molecule has 2 rings (SSSR count). The van der Waals surface area contributed by atoms with Crippen LogP contribution in [0.15, 0.2) is 36.4 Å². The largest absolute Gasteiger partial charge is 0.465 e. The Balaban J connectivity index is 2.40. The van der Waals surface area contributed by atoms with Crippen molar-refractivity contribution in [2.45, 2.75) is 26.8 Å². The Kier molecular flexibility index (Phi) is 5.15. The van der Waals surface area contributed by atoms with Crippen LogP contribution in [0.4, 0.5) is 19.3 Å². The number of carboxylic acid groups (broad SMARTS) is 1. The summed E-state index contributed by atoms with van der Waals surface area (Å²) in [4.78, 5) is 11.1. The number of nitrogens with two attached hydrogens (primary N) is 1. The number of amides is 1. The van der Waals surface area contributed by atoms with Gasteiger partial charge in [0.05, 0.1) is 6.04 Å². The molecular formula is C18H20F2N2O3. The van der Waals surface area contributed by atoms with Crippen LogP contribution >= 0.6 is 0 Å². The van der Waals surface area contributed by atoms with E-state index in [9.17, 15) is 13.6 Å². The molecule has 0 saturated carbocycles. The number of ether oxygens (including phenoxy) is 1. The van der Waals surface area contributed by atoms with Gasteiger partial charge in [-0.15, -0.1) is 0 Å². The predicted molar refractivity (Wildman–Crippen MR) is 90.6 cm³/mol. The van der Waals surface area contributed by atoms with E-state index in [1.807, 2.05) is 20.8 Å². The Morgan fingerprint density at radius 3 is 2.24 bits per heavy atom. The van der Waals surface area contributed by atoms with E-state index in [1.54, 1.807) is 18.2 Å². The molecule has 2 aromatic rings. The van der Waals surface area contributed by atoms with Crippen molar-refractivity contribution in [3.63, 3.8) is 0 Å². The highest BCUT2D eigenvalue weighted by atomic mass is 19.1. The quantitative estimate of drug-likeness (QED) is 0.698. The second-order valence-corrected chi connectivity index (χ2v) is 6.75. The predicted octanol–water partition coefficient (Wildman–Crippen LogP) is 4.69. The molecule has 4 N–H and O–H groups in total. The summed E-state index contributed by atoms with van der Waals surface area (Å²) in [5.74, 6) is -1.24. The van der Waals surface area contributed by atoms with Crippen molar-refractivity contribution in [2.24, 2.45) is 5.41 Å². The zero-order chi connectivity index (χ0) is 18.8. The third-order valence-corrected chi connectivity index (χ3v) is 3.57. The van der Waals surface area contributed by atoms with Gasteiger partial charge in [0.2, 0.25) is 0 Å². The molecule has 0 aliphatic carbocycles. The first-order valence-electron chi connectivity index (χ1n) is 7.59. The minimum Gasteiger partial charge on any atom is -0.465 e. The molecule has 0 aliphatic rings. The van der Waals surface area contributed by atoms with Crippen LogP contribution in [-0.2, 0) is 0 Å². The van der Waals surface area contributed by atoms with E-state index in [-0.39, 0.29) is 11.5 Å². The van der Waals surface area contributed by atoms with Gasteiger partial charge in [-0.2, -0.15) is 0 Å². The Morgan fingerprint density at radius 1 is 1.12 bits per heavy atom. The molecule has 0 spiro atoms. The van der Waals surface area contributed by atoms with Crippen molar-refractivity contribution in [2.75, 3.05) is 5.73 Å². The van der Waals surface area contributed by atoms with Crippen LogP contribution in [0.3, 0.4) is 0 Å². The van der Waals surface area contributed by atoms with Gasteiger partial charge in [0.1, 0.15) is 23.1 Å². The van der Waals surface area contributed by atoms with Crippen LogP contribution < -0.4 is 15.8 Å². The Morgan fingerprint density at radius 2 is 1.72 bits per heavy atom. The number of nitrogens with one attached hydrogen (secondary N) is 1. The topological polar surface area (TPSA) is 84.6 Å². The van der Waals surface area contributed by atoms with Gasteiger partial charge in [0, 0.05) is 29.4 Å². The second-order valence-electron chi connectivity index (χ2n) is 6.75. The fraction of sp³-hybridized carbons (Fsp3) is 0.278. The summed E-state index contributed by atoms with van der Waals surface area (Å²) in [7, 11) is 0. The van der Waals surface area contributed by atoms with Crippen LogP contribution in [-0.4, -0.2) is 11.2 Å². The highest BCUT2D eigenvalue weighted by molar-refractivity contribution is 5.66. The third-order valence-electron chi connectivity index (χ3n) is 3.57. The summed E-state index contributed by atoms with van der Waals surface area (Å²) in [5, 5.41) is 11.5. The Labute approximate surface area is 144 Å². The Bertz CT molecular complexity index is 768. The normalized spacial score (nSPS) is 12.5. The van der Waals surface area contributed by atoms with Crippen LogP contribution in [0.1, 0.15) is 32.4 Å². The zero-order valence-electron chi connectivity index (χ0n) is 14.1. The zero-order valence-corrected chi connectivity index (χ0v) is 14.1.